The number of rotatable bonds is 24. The molecule has 0 aliphatic rings. The standard InChI is InChI=1S/C45H45N3O20S/c1-26-10-11-34(47(18-40(53)64-22-60-27(2)49)19-41(54)65-23-61-28(3)50)37(14-26)58-12-13-59-38-16-31-15-32(44-46-33-8-6-7-9-39(33)69-44)45(57)68-36(31)17-35(38)48(20-42(55)66-24-62-29(4)51)21-43(56)67-25-63-30(5)52/h6-11,14-17H,12-13,18-25H2,1-5H3. The molecule has 0 unspecified atom stereocenters. The van der Waals surface area contributed by atoms with Gasteiger partial charge in [0.05, 0.1) is 27.2 Å². The Hall–Kier alpha value is -8.28. The van der Waals surface area contributed by atoms with Crippen LogP contribution in [0.5, 0.6) is 11.5 Å². The lowest BCUT2D eigenvalue weighted by molar-refractivity contribution is -0.167. The van der Waals surface area contributed by atoms with Gasteiger partial charge in [-0.2, -0.15) is 0 Å². The van der Waals surface area contributed by atoms with E-state index in [1.54, 1.807) is 37.3 Å². The van der Waals surface area contributed by atoms with Crippen LogP contribution in [0.2, 0.25) is 0 Å². The van der Waals surface area contributed by atoms with Crippen molar-refractivity contribution in [2.45, 2.75) is 34.6 Å². The first kappa shape index (κ1) is 51.7. The van der Waals surface area contributed by atoms with Gasteiger partial charge in [-0.05, 0) is 48.9 Å². The molecule has 0 aliphatic heterocycles. The number of anilines is 2. The van der Waals surface area contributed by atoms with E-state index in [1.165, 1.54) is 28.4 Å². The summed E-state index contributed by atoms with van der Waals surface area (Å²) in [6.45, 7) is 0.310. The summed E-state index contributed by atoms with van der Waals surface area (Å²) in [4.78, 5) is 118. The zero-order valence-corrected chi connectivity index (χ0v) is 38.6. The third-order valence-electron chi connectivity index (χ3n) is 8.94. The summed E-state index contributed by atoms with van der Waals surface area (Å²) < 4.78 is 57.9. The van der Waals surface area contributed by atoms with Crippen LogP contribution < -0.4 is 24.9 Å². The Morgan fingerprint density at radius 2 is 1.03 bits per heavy atom. The van der Waals surface area contributed by atoms with Crippen molar-refractivity contribution in [3.05, 3.63) is 76.6 Å². The molecule has 0 fully saturated rings. The second kappa shape index (κ2) is 25.0. The molecule has 23 nitrogen and oxygen atoms in total. The van der Waals surface area contributed by atoms with E-state index in [4.69, 9.17) is 42.3 Å². The molecule has 0 saturated carbocycles. The largest absolute Gasteiger partial charge is 0.488 e. The Labute approximate surface area is 395 Å². The van der Waals surface area contributed by atoms with Gasteiger partial charge in [0.2, 0.25) is 27.2 Å². The maximum atomic E-state index is 13.5. The number of carbonyl (C=O) groups is 8. The molecular weight excluding hydrogens is 935 g/mol. The quantitative estimate of drug-likeness (QED) is 0.0280. The van der Waals surface area contributed by atoms with Crippen molar-refractivity contribution >= 4 is 91.7 Å². The molecule has 2 heterocycles. The van der Waals surface area contributed by atoms with Crippen LogP contribution in [0.3, 0.4) is 0 Å². The van der Waals surface area contributed by atoms with E-state index in [9.17, 15) is 43.2 Å². The van der Waals surface area contributed by atoms with E-state index < -0.39 is 107 Å². The summed E-state index contributed by atoms with van der Waals surface area (Å²) in [5, 5.41) is 0.703. The van der Waals surface area contributed by atoms with E-state index >= 15 is 0 Å². The molecule has 0 amide bonds. The van der Waals surface area contributed by atoms with Crippen molar-refractivity contribution in [2.24, 2.45) is 0 Å². The highest BCUT2D eigenvalue weighted by atomic mass is 32.1. The van der Waals surface area contributed by atoms with Crippen LogP contribution in [0.1, 0.15) is 33.3 Å². The van der Waals surface area contributed by atoms with Crippen LogP contribution >= 0.6 is 11.3 Å². The molecule has 0 radical (unpaired) electrons. The second-order valence-electron chi connectivity index (χ2n) is 14.3. The van der Waals surface area contributed by atoms with E-state index in [0.717, 1.165) is 37.3 Å². The number of aromatic nitrogens is 1. The summed E-state index contributed by atoms with van der Waals surface area (Å²) in [6, 6.07) is 16.5. The number of hydrogen-bond donors (Lipinski definition) is 0. The highest BCUT2D eigenvalue weighted by Crippen LogP contribution is 2.36. The molecule has 366 valence electrons. The van der Waals surface area contributed by atoms with Gasteiger partial charge in [0, 0.05) is 39.1 Å². The third kappa shape index (κ3) is 16.2. The number of hydrogen-bond acceptors (Lipinski definition) is 24. The number of aryl methyl sites for hydroxylation is 1. The molecule has 0 atom stereocenters. The maximum Gasteiger partial charge on any atom is 0.346 e. The monoisotopic (exact) mass is 979 g/mol. The van der Waals surface area contributed by atoms with E-state index in [-0.39, 0.29) is 47.2 Å². The van der Waals surface area contributed by atoms with Crippen molar-refractivity contribution in [1.82, 2.24) is 4.98 Å². The molecule has 24 heteroatoms. The summed E-state index contributed by atoms with van der Waals surface area (Å²) in [7, 11) is 0. The second-order valence-corrected chi connectivity index (χ2v) is 15.3. The average molecular weight is 980 g/mol. The molecule has 3 aromatic carbocycles. The Bertz CT molecular complexity index is 2670. The van der Waals surface area contributed by atoms with Crippen molar-refractivity contribution in [3.8, 4) is 22.1 Å². The van der Waals surface area contributed by atoms with E-state index in [0.29, 0.717) is 21.5 Å². The van der Waals surface area contributed by atoms with Crippen molar-refractivity contribution in [1.29, 1.82) is 0 Å². The van der Waals surface area contributed by atoms with Gasteiger partial charge in [-0.15, -0.1) is 11.3 Å². The van der Waals surface area contributed by atoms with Crippen molar-refractivity contribution < 1.29 is 90.1 Å². The lowest BCUT2D eigenvalue weighted by atomic mass is 10.1. The van der Waals surface area contributed by atoms with Crippen LogP contribution in [0.15, 0.2) is 69.9 Å². The molecule has 0 spiro atoms. The van der Waals surface area contributed by atoms with Gasteiger partial charge in [0.15, 0.2) is 0 Å². The van der Waals surface area contributed by atoms with Gasteiger partial charge < -0.3 is 61.6 Å². The number of para-hydroxylation sites is 1. The number of ether oxygens (including phenoxy) is 10. The first-order chi connectivity index (χ1) is 32.9. The molecular formula is C45H45N3O20S. The summed E-state index contributed by atoms with van der Waals surface area (Å²) in [5.41, 5.74) is 0.930. The summed E-state index contributed by atoms with van der Waals surface area (Å²) in [5.74, 6) is -6.48. The number of carbonyl (C=O) groups excluding carboxylic acids is 8. The predicted molar refractivity (Wildman–Crippen MR) is 239 cm³/mol. The lowest BCUT2D eigenvalue weighted by Gasteiger charge is -2.26. The van der Waals surface area contributed by atoms with Crippen LogP contribution in [-0.4, -0.2) is 119 Å². The van der Waals surface area contributed by atoms with Crippen LogP contribution in [0.25, 0.3) is 31.8 Å². The number of esters is 8. The number of fused-ring (bicyclic) bond motifs is 2. The summed E-state index contributed by atoms with van der Waals surface area (Å²) in [6.07, 6.45) is 0. The molecule has 0 saturated heterocycles. The molecule has 69 heavy (non-hydrogen) atoms. The minimum absolute atomic E-state index is 0.00252. The first-order valence-corrected chi connectivity index (χ1v) is 21.3. The SMILES string of the molecule is CC(=O)OCOC(=O)CN(CC(=O)OCOC(C)=O)c1ccc(C)cc1OCCOc1cc2cc(-c3nc4ccccc4s3)c(=O)oc2cc1N(CC(=O)OCOC(C)=O)CC(=O)OCOC(C)=O. The van der Waals surface area contributed by atoms with Crippen LogP contribution in [0, 0.1) is 6.92 Å². The fourth-order valence-corrected chi connectivity index (χ4v) is 6.88. The highest BCUT2D eigenvalue weighted by molar-refractivity contribution is 7.21. The predicted octanol–water partition coefficient (Wildman–Crippen LogP) is 3.70. The highest BCUT2D eigenvalue weighted by Gasteiger charge is 2.25. The van der Waals surface area contributed by atoms with Gasteiger partial charge >= 0.3 is 53.4 Å². The van der Waals surface area contributed by atoms with Gasteiger partial charge in [0.1, 0.15) is 61.5 Å². The maximum absolute atomic E-state index is 13.5. The van der Waals surface area contributed by atoms with Crippen molar-refractivity contribution in [3.63, 3.8) is 0 Å². The fraction of sp³-hybridized carbons (Fsp3) is 0.333. The molecule has 5 rings (SSSR count). The Morgan fingerprint density at radius 3 is 1.51 bits per heavy atom. The number of nitrogens with zero attached hydrogens (tertiary/aromatic N) is 3. The summed E-state index contributed by atoms with van der Waals surface area (Å²) >= 11 is 1.27. The number of thiazole rings is 1. The lowest BCUT2D eigenvalue weighted by Crippen LogP contribution is -2.37. The topological polar surface area (TPSA) is 278 Å². The smallest absolute Gasteiger partial charge is 0.346 e. The Morgan fingerprint density at radius 1 is 0.565 bits per heavy atom. The molecule has 2 aromatic heterocycles. The van der Waals surface area contributed by atoms with E-state index in [2.05, 4.69) is 14.5 Å². The van der Waals surface area contributed by atoms with Gasteiger partial charge in [-0.25, -0.2) is 9.78 Å². The first-order valence-electron chi connectivity index (χ1n) is 20.5. The average Bonchev–Trinajstić information content (AvgIpc) is 3.71. The minimum Gasteiger partial charge on any atom is -0.488 e. The third-order valence-corrected chi connectivity index (χ3v) is 10.0. The molecule has 5 aromatic rings. The minimum atomic E-state index is -0.979. The number of benzene rings is 3. The normalized spacial score (nSPS) is 10.6. The van der Waals surface area contributed by atoms with E-state index in [1.807, 2.05) is 18.2 Å². The van der Waals surface area contributed by atoms with Crippen molar-refractivity contribution in [2.75, 3.05) is 76.4 Å². The molecule has 0 N–H and O–H groups in total. The van der Waals surface area contributed by atoms with Gasteiger partial charge in [0.25, 0.3) is 0 Å². The van der Waals surface area contributed by atoms with Gasteiger partial charge in [-0.1, -0.05) is 18.2 Å². The van der Waals surface area contributed by atoms with Crippen LogP contribution in [-0.2, 0) is 76.3 Å². The Balaban J connectivity index is 1.48. The Kier molecular flexibility index (Phi) is 18.7. The fourth-order valence-electron chi connectivity index (χ4n) is 5.91. The molecule has 0 aliphatic carbocycles. The zero-order valence-electron chi connectivity index (χ0n) is 37.8. The zero-order chi connectivity index (χ0) is 50.0. The van der Waals surface area contributed by atoms with Gasteiger partial charge in [-0.3, -0.25) is 38.4 Å². The molecule has 0 bridgehead atoms. The van der Waals surface area contributed by atoms with Crippen LogP contribution in [0.4, 0.5) is 11.4 Å².